The predicted octanol–water partition coefficient (Wildman–Crippen LogP) is 3.93. The highest BCUT2D eigenvalue weighted by Gasteiger charge is 2.38. The second-order valence-electron chi connectivity index (χ2n) is 6.85. The molecule has 1 amide bonds. The summed E-state index contributed by atoms with van der Waals surface area (Å²) in [5, 5.41) is 2.38. The van der Waals surface area contributed by atoms with Crippen molar-refractivity contribution in [1.82, 2.24) is 14.4 Å². The molecule has 0 bridgehead atoms. The van der Waals surface area contributed by atoms with Crippen LogP contribution in [0.2, 0.25) is 0 Å². The molecule has 1 saturated carbocycles. The monoisotopic (exact) mass is 376 g/mol. The van der Waals surface area contributed by atoms with Crippen molar-refractivity contribution in [2.75, 3.05) is 5.32 Å². The van der Waals surface area contributed by atoms with Gasteiger partial charge in [0, 0.05) is 12.1 Å². The van der Waals surface area contributed by atoms with Gasteiger partial charge in [-0.15, -0.1) is 0 Å². The van der Waals surface area contributed by atoms with E-state index in [0.29, 0.717) is 11.3 Å². The van der Waals surface area contributed by atoms with Crippen LogP contribution in [0.15, 0.2) is 24.7 Å². The van der Waals surface area contributed by atoms with Crippen molar-refractivity contribution >= 4 is 17.2 Å². The number of hydrogen-bond donors (Lipinski definition) is 1. The van der Waals surface area contributed by atoms with Crippen LogP contribution >= 0.6 is 0 Å². The highest BCUT2D eigenvalue weighted by Crippen LogP contribution is 2.43. The number of nitrogens with zero attached hydrogens (tertiary/aromatic N) is 3. The number of carbonyl (C=O) groups is 1. The maximum Gasteiger partial charge on any atom is 0.434 e. The lowest BCUT2D eigenvalue weighted by atomic mass is 10.00. The minimum Gasteiger partial charge on any atom is -0.323 e. The van der Waals surface area contributed by atoms with Gasteiger partial charge in [-0.05, 0) is 36.1 Å². The molecule has 5 rings (SSSR count). The Morgan fingerprint density at radius 3 is 2.70 bits per heavy atom. The molecule has 3 heterocycles. The summed E-state index contributed by atoms with van der Waals surface area (Å²) >= 11 is 0. The second kappa shape index (κ2) is 5.28. The Hall–Kier alpha value is -2.97. The Labute approximate surface area is 150 Å². The summed E-state index contributed by atoms with van der Waals surface area (Å²) < 4.78 is 56.7. The first-order valence-electron chi connectivity index (χ1n) is 8.38. The molecular weight excluding hydrogens is 364 g/mol. The molecule has 0 saturated heterocycles. The average molecular weight is 376 g/mol. The Morgan fingerprint density at radius 1 is 1.22 bits per heavy atom. The van der Waals surface area contributed by atoms with Crippen LogP contribution in [0.1, 0.15) is 35.7 Å². The van der Waals surface area contributed by atoms with Gasteiger partial charge in [0.1, 0.15) is 17.8 Å². The van der Waals surface area contributed by atoms with Crippen molar-refractivity contribution in [3.63, 3.8) is 0 Å². The fourth-order valence-electron chi connectivity index (χ4n) is 3.48. The third kappa shape index (κ3) is 2.56. The summed E-state index contributed by atoms with van der Waals surface area (Å²) in [5.74, 6) is -0.937. The number of amides is 1. The van der Waals surface area contributed by atoms with Crippen LogP contribution in [0.3, 0.4) is 0 Å². The van der Waals surface area contributed by atoms with Crippen LogP contribution < -0.4 is 5.32 Å². The van der Waals surface area contributed by atoms with Crippen molar-refractivity contribution < 1.29 is 22.4 Å². The minimum atomic E-state index is -4.73. The molecule has 3 aromatic rings. The van der Waals surface area contributed by atoms with Crippen LogP contribution in [0, 0.1) is 5.82 Å². The van der Waals surface area contributed by atoms with Crippen LogP contribution in [0.4, 0.5) is 23.2 Å². The van der Waals surface area contributed by atoms with Crippen molar-refractivity contribution in [3.05, 3.63) is 47.4 Å². The number of aromatic nitrogens is 3. The largest absolute Gasteiger partial charge is 0.434 e. The summed E-state index contributed by atoms with van der Waals surface area (Å²) in [7, 11) is 0. The number of rotatable bonds is 2. The van der Waals surface area contributed by atoms with Crippen molar-refractivity contribution in [2.24, 2.45) is 0 Å². The van der Waals surface area contributed by atoms with E-state index < -0.39 is 23.6 Å². The van der Waals surface area contributed by atoms with Gasteiger partial charge >= 0.3 is 6.18 Å². The lowest BCUT2D eigenvalue weighted by Gasteiger charge is -2.14. The minimum absolute atomic E-state index is 0.00104. The van der Waals surface area contributed by atoms with Crippen molar-refractivity contribution in [1.29, 1.82) is 0 Å². The molecule has 1 fully saturated rings. The topological polar surface area (TPSA) is 59.3 Å². The molecule has 0 atom stereocenters. The quantitative estimate of drug-likeness (QED) is 0.690. The molecule has 0 radical (unpaired) electrons. The van der Waals surface area contributed by atoms with Gasteiger partial charge in [0.05, 0.1) is 23.4 Å². The number of fused-ring (bicyclic) bond motifs is 2. The van der Waals surface area contributed by atoms with Gasteiger partial charge < -0.3 is 5.32 Å². The molecular formula is C18H12F4N4O. The lowest BCUT2D eigenvalue weighted by Crippen LogP contribution is -2.12. The molecule has 2 aromatic heterocycles. The maximum absolute atomic E-state index is 14.4. The average Bonchev–Trinajstić information content (AvgIpc) is 3.23. The highest BCUT2D eigenvalue weighted by molar-refractivity contribution is 6.00. The van der Waals surface area contributed by atoms with E-state index in [9.17, 15) is 22.4 Å². The molecule has 2 aliphatic rings. The summed E-state index contributed by atoms with van der Waals surface area (Å²) in [6.07, 6.45) is -0.181. The van der Waals surface area contributed by atoms with E-state index in [1.807, 2.05) is 0 Å². The molecule has 9 heteroatoms. The zero-order chi connectivity index (χ0) is 18.9. The van der Waals surface area contributed by atoms with Gasteiger partial charge in [0.25, 0.3) is 0 Å². The second-order valence-corrected chi connectivity index (χ2v) is 6.85. The summed E-state index contributed by atoms with van der Waals surface area (Å²) in [6.45, 7) is 0. The van der Waals surface area contributed by atoms with Crippen LogP contribution in [-0.4, -0.2) is 20.3 Å². The molecule has 1 aromatic carbocycles. The fraction of sp³-hybridized carbons (Fsp3) is 0.278. The number of halogens is 4. The van der Waals surface area contributed by atoms with Crippen molar-refractivity contribution in [2.45, 2.75) is 31.4 Å². The van der Waals surface area contributed by atoms with E-state index in [4.69, 9.17) is 0 Å². The highest BCUT2D eigenvalue weighted by atomic mass is 19.4. The van der Waals surface area contributed by atoms with E-state index >= 15 is 0 Å². The summed E-state index contributed by atoms with van der Waals surface area (Å²) in [5.41, 5.74) is -0.288. The molecule has 1 N–H and O–H groups in total. The standard InChI is InChI=1S/C18H12F4N4O/c19-11-4-9(3-10-5-13(27)25-15(10)11)14-16(18(20,21)22)23-7-26-6-12(8-1-2-8)24-17(14)26/h3-4,6-8H,1-2,5H2,(H,25,27). The number of imidazole rings is 1. The number of anilines is 1. The van der Waals surface area contributed by atoms with Gasteiger partial charge in [-0.2, -0.15) is 13.2 Å². The Kier molecular flexibility index (Phi) is 3.17. The first-order valence-corrected chi connectivity index (χ1v) is 8.38. The Bertz CT molecular complexity index is 1110. The lowest BCUT2D eigenvalue weighted by molar-refractivity contribution is -0.140. The third-order valence-electron chi connectivity index (χ3n) is 4.86. The number of carbonyl (C=O) groups excluding carboxylic acids is 1. The zero-order valence-corrected chi connectivity index (χ0v) is 13.8. The van der Waals surface area contributed by atoms with Gasteiger partial charge in [-0.1, -0.05) is 0 Å². The fourth-order valence-corrected chi connectivity index (χ4v) is 3.48. The van der Waals surface area contributed by atoms with E-state index in [2.05, 4.69) is 15.3 Å². The molecule has 1 aliphatic carbocycles. The SMILES string of the molecule is O=C1Cc2cc(-c3c(C(F)(F)F)ncn4cc(C5CC5)nc34)cc(F)c2N1. The van der Waals surface area contributed by atoms with Crippen LogP contribution in [0.25, 0.3) is 16.8 Å². The van der Waals surface area contributed by atoms with Gasteiger partial charge in [-0.25, -0.2) is 14.4 Å². The zero-order valence-electron chi connectivity index (χ0n) is 13.8. The van der Waals surface area contributed by atoms with Crippen LogP contribution in [0.5, 0.6) is 0 Å². The first kappa shape index (κ1) is 16.2. The van der Waals surface area contributed by atoms with Crippen molar-refractivity contribution in [3.8, 4) is 11.1 Å². The summed E-state index contributed by atoms with van der Waals surface area (Å²) in [4.78, 5) is 19.5. The molecule has 138 valence electrons. The van der Waals surface area contributed by atoms with Gasteiger partial charge in [0.2, 0.25) is 5.91 Å². The molecule has 27 heavy (non-hydrogen) atoms. The number of benzene rings is 1. The van der Waals surface area contributed by atoms with E-state index in [0.717, 1.165) is 25.2 Å². The van der Waals surface area contributed by atoms with Gasteiger partial charge in [-0.3, -0.25) is 9.20 Å². The Morgan fingerprint density at radius 2 is 2.00 bits per heavy atom. The van der Waals surface area contributed by atoms with Crippen LogP contribution in [-0.2, 0) is 17.4 Å². The van der Waals surface area contributed by atoms with E-state index in [1.165, 1.54) is 10.5 Å². The number of alkyl halides is 3. The molecule has 0 unspecified atom stereocenters. The maximum atomic E-state index is 14.4. The molecule has 5 nitrogen and oxygen atoms in total. The van der Waals surface area contributed by atoms with E-state index in [-0.39, 0.29) is 34.8 Å². The number of hydrogen-bond acceptors (Lipinski definition) is 3. The third-order valence-corrected chi connectivity index (χ3v) is 4.86. The predicted molar refractivity (Wildman–Crippen MR) is 87.7 cm³/mol. The number of nitrogens with one attached hydrogen (secondary N) is 1. The smallest absolute Gasteiger partial charge is 0.323 e. The van der Waals surface area contributed by atoms with E-state index in [1.54, 1.807) is 6.20 Å². The normalized spacial score (nSPS) is 16.7. The molecule has 0 spiro atoms. The van der Waals surface area contributed by atoms with Gasteiger partial charge in [0.15, 0.2) is 5.69 Å². The Balaban J connectivity index is 1.79. The first-order chi connectivity index (χ1) is 12.8. The molecule has 1 aliphatic heterocycles. The summed E-state index contributed by atoms with van der Waals surface area (Å²) in [6, 6.07) is 2.39.